The monoisotopic (exact) mass is 329 g/mol. The number of amides is 2. The minimum absolute atomic E-state index is 0.123. The first-order chi connectivity index (χ1) is 11.3. The molecule has 1 saturated heterocycles. The van der Waals surface area contributed by atoms with Gasteiger partial charge in [-0.15, -0.1) is 5.10 Å². The first kappa shape index (κ1) is 16.4. The van der Waals surface area contributed by atoms with Crippen molar-refractivity contribution in [2.24, 2.45) is 5.92 Å². The lowest BCUT2D eigenvalue weighted by Crippen LogP contribution is -2.60. The number of carbonyl (C=O) groups excluding carboxylic acids is 1. The van der Waals surface area contributed by atoms with Gasteiger partial charge in [-0.3, -0.25) is 0 Å². The summed E-state index contributed by atoms with van der Waals surface area (Å²) in [6, 6.07) is 9.32. The molecular weight excluding hydrogens is 306 g/mol. The SMILES string of the molecule is CC(NC(=O)N1CC(C(C)(C)O)C1)c1cn(-c2ccccc2)nn1. The van der Waals surface area contributed by atoms with E-state index in [1.165, 1.54) is 0 Å². The topological polar surface area (TPSA) is 83.3 Å². The van der Waals surface area contributed by atoms with E-state index >= 15 is 0 Å². The lowest BCUT2D eigenvalue weighted by atomic mass is 9.85. The van der Waals surface area contributed by atoms with E-state index in [-0.39, 0.29) is 18.0 Å². The Hall–Kier alpha value is -2.41. The number of aliphatic hydroxyl groups is 1. The van der Waals surface area contributed by atoms with Gasteiger partial charge < -0.3 is 15.3 Å². The Kier molecular flexibility index (Phi) is 4.28. The molecule has 2 amide bonds. The normalized spacial score (nSPS) is 16.6. The summed E-state index contributed by atoms with van der Waals surface area (Å²) in [5.74, 6) is 0.123. The number of likely N-dealkylation sites (tertiary alicyclic amines) is 1. The van der Waals surface area contributed by atoms with Crippen LogP contribution in [0.3, 0.4) is 0 Å². The highest BCUT2D eigenvalue weighted by molar-refractivity contribution is 5.75. The Balaban J connectivity index is 1.57. The highest BCUT2D eigenvalue weighted by Crippen LogP contribution is 2.27. The van der Waals surface area contributed by atoms with Gasteiger partial charge in [0.05, 0.1) is 23.5 Å². The molecule has 2 aromatic rings. The first-order valence-electron chi connectivity index (χ1n) is 8.10. The summed E-state index contributed by atoms with van der Waals surface area (Å²) >= 11 is 0. The van der Waals surface area contributed by atoms with Crippen LogP contribution in [0.4, 0.5) is 4.79 Å². The molecule has 0 bridgehead atoms. The van der Waals surface area contributed by atoms with Crippen LogP contribution in [-0.4, -0.2) is 49.7 Å². The van der Waals surface area contributed by atoms with Crippen molar-refractivity contribution in [1.29, 1.82) is 0 Å². The van der Waals surface area contributed by atoms with Gasteiger partial charge in [-0.2, -0.15) is 0 Å². The van der Waals surface area contributed by atoms with E-state index in [1.54, 1.807) is 23.4 Å². The highest BCUT2D eigenvalue weighted by atomic mass is 16.3. The van der Waals surface area contributed by atoms with E-state index in [4.69, 9.17) is 0 Å². The lowest BCUT2D eigenvalue weighted by Gasteiger charge is -2.45. The summed E-state index contributed by atoms with van der Waals surface area (Å²) in [5, 5.41) is 21.1. The Morgan fingerprint density at radius 1 is 1.33 bits per heavy atom. The predicted molar refractivity (Wildman–Crippen MR) is 89.7 cm³/mol. The van der Waals surface area contributed by atoms with Gasteiger partial charge in [-0.1, -0.05) is 23.4 Å². The second-order valence-electron chi connectivity index (χ2n) is 6.85. The number of urea groups is 1. The second-order valence-corrected chi connectivity index (χ2v) is 6.85. The Bertz CT molecular complexity index is 701. The molecule has 1 aliphatic rings. The Morgan fingerprint density at radius 3 is 2.62 bits per heavy atom. The van der Waals surface area contributed by atoms with Crippen molar-refractivity contribution in [2.45, 2.75) is 32.4 Å². The van der Waals surface area contributed by atoms with Crippen molar-refractivity contribution in [2.75, 3.05) is 13.1 Å². The zero-order valence-corrected chi connectivity index (χ0v) is 14.2. The standard InChI is InChI=1S/C17H23N5O2/c1-12(18-16(23)21-9-13(10-21)17(2,3)24)15-11-22(20-19-15)14-7-5-4-6-8-14/h4-8,11-13,24H,9-10H2,1-3H3,(H,18,23). The fraction of sp³-hybridized carbons (Fsp3) is 0.471. The van der Waals surface area contributed by atoms with Crippen molar-refractivity contribution < 1.29 is 9.90 Å². The molecule has 1 atom stereocenters. The summed E-state index contributed by atoms with van der Waals surface area (Å²) in [5.41, 5.74) is 0.873. The minimum Gasteiger partial charge on any atom is -0.390 e. The van der Waals surface area contributed by atoms with Crippen molar-refractivity contribution in [3.05, 3.63) is 42.2 Å². The maximum Gasteiger partial charge on any atom is 0.317 e. The third-order valence-electron chi connectivity index (χ3n) is 4.48. The fourth-order valence-corrected chi connectivity index (χ4v) is 2.62. The molecule has 1 aromatic carbocycles. The molecule has 1 aromatic heterocycles. The summed E-state index contributed by atoms with van der Waals surface area (Å²) in [4.78, 5) is 13.9. The molecule has 2 heterocycles. The van der Waals surface area contributed by atoms with E-state index in [0.717, 1.165) is 5.69 Å². The smallest absolute Gasteiger partial charge is 0.317 e. The van der Waals surface area contributed by atoms with Crippen LogP contribution in [0.5, 0.6) is 0 Å². The molecule has 0 saturated carbocycles. The van der Waals surface area contributed by atoms with Crippen molar-refractivity contribution in [3.63, 3.8) is 0 Å². The number of nitrogens with one attached hydrogen (secondary N) is 1. The third kappa shape index (κ3) is 3.41. The molecule has 7 heteroatoms. The van der Waals surface area contributed by atoms with Gasteiger partial charge in [0.25, 0.3) is 0 Å². The molecule has 0 aliphatic carbocycles. The van der Waals surface area contributed by atoms with Gasteiger partial charge in [0.15, 0.2) is 0 Å². The zero-order chi connectivity index (χ0) is 17.3. The largest absolute Gasteiger partial charge is 0.390 e. The molecule has 24 heavy (non-hydrogen) atoms. The predicted octanol–water partition coefficient (Wildman–Crippen LogP) is 1.74. The van der Waals surface area contributed by atoms with Crippen LogP contribution in [0.2, 0.25) is 0 Å². The number of aromatic nitrogens is 3. The second kappa shape index (κ2) is 6.24. The summed E-state index contributed by atoms with van der Waals surface area (Å²) in [6.45, 7) is 6.57. The van der Waals surface area contributed by atoms with E-state index in [1.807, 2.05) is 43.5 Å². The molecule has 0 radical (unpaired) electrons. The number of hydrogen-bond donors (Lipinski definition) is 2. The fourth-order valence-electron chi connectivity index (χ4n) is 2.62. The molecule has 128 valence electrons. The molecule has 7 nitrogen and oxygen atoms in total. The molecule has 1 unspecified atom stereocenters. The van der Waals surface area contributed by atoms with Gasteiger partial charge in [0.1, 0.15) is 5.69 Å². The Morgan fingerprint density at radius 2 is 2.00 bits per heavy atom. The van der Waals surface area contributed by atoms with E-state index in [0.29, 0.717) is 18.8 Å². The van der Waals surface area contributed by atoms with Crippen LogP contribution in [0.1, 0.15) is 32.5 Å². The van der Waals surface area contributed by atoms with Crippen molar-refractivity contribution in [1.82, 2.24) is 25.2 Å². The molecule has 2 N–H and O–H groups in total. The summed E-state index contributed by atoms with van der Waals surface area (Å²) < 4.78 is 1.69. The van der Waals surface area contributed by atoms with Gasteiger partial charge >= 0.3 is 6.03 Å². The molecule has 0 spiro atoms. The van der Waals surface area contributed by atoms with Crippen LogP contribution in [0.25, 0.3) is 5.69 Å². The molecular formula is C17H23N5O2. The maximum atomic E-state index is 12.2. The maximum absolute atomic E-state index is 12.2. The number of carbonyl (C=O) groups is 1. The van der Waals surface area contributed by atoms with Crippen LogP contribution >= 0.6 is 0 Å². The van der Waals surface area contributed by atoms with Gasteiger partial charge in [0, 0.05) is 19.0 Å². The van der Waals surface area contributed by atoms with E-state index < -0.39 is 5.60 Å². The lowest BCUT2D eigenvalue weighted by molar-refractivity contribution is -0.0459. The average Bonchev–Trinajstić information content (AvgIpc) is 2.94. The van der Waals surface area contributed by atoms with Crippen LogP contribution in [-0.2, 0) is 0 Å². The summed E-state index contributed by atoms with van der Waals surface area (Å²) in [6.07, 6.45) is 1.82. The molecule has 3 rings (SSSR count). The van der Waals surface area contributed by atoms with Crippen LogP contribution < -0.4 is 5.32 Å². The average molecular weight is 329 g/mol. The number of nitrogens with zero attached hydrogens (tertiary/aromatic N) is 4. The number of rotatable bonds is 4. The van der Waals surface area contributed by atoms with Crippen LogP contribution in [0, 0.1) is 5.92 Å². The quantitative estimate of drug-likeness (QED) is 0.895. The zero-order valence-electron chi connectivity index (χ0n) is 14.2. The minimum atomic E-state index is -0.749. The first-order valence-corrected chi connectivity index (χ1v) is 8.10. The van der Waals surface area contributed by atoms with E-state index in [2.05, 4.69) is 15.6 Å². The number of hydrogen-bond acceptors (Lipinski definition) is 4. The number of para-hydroxylation sites is 1. The van der Waals surface area contributed by atoms with Crippen LogP contribution in [0.15, 0.2) is 36.5 Å². The molecule has 1 aliphatic heterocycles. The Labute approximate surface area is 141 Å². The van der Waals surface area contributed by atoms with Crippen molar-refractivity contribution in [3.8, 4) is 5.69 Å². The van der Waals surface area contributed by atoms with Crippen molar-refractivity contribution >= 4 is 6.03 Å². The van der Waals surface area contributed by atoms with Gasteiger partial charge in [-0.05, 0) is 32.9 Å². The summed E-state index contributed by atoms with van der Waals surface area (Å²) in [7, 11) is 0. The number of benzene rings is 1. The molecule has 1 fully saturated rings. The van der Waals surface area contributed by atoms with E-state index in [9.17, 15) is 9.90 Å². The van der Waals surface area contributed by atoms with Gasteiger partial charge in [0.2, 0.25) is 0 Å². The third-order valence-corrected chi connectivity index (χ3v) is 4.48. The van der Waals surface area contributed by atoms with Gasteiger partial charge in [-0.25, -0.2) is 9.48 Å². The highest BCUT2D eigenvalue weighted by Gasteiger charge is 2.40.